The molecule has 0 aliphatic rings. The van der Waals surface area contributed by atoms with E-state index in [9.17, 15) is 0 Å². The van der Waals surface area contributed by atoms with Gasteiger partial charge in [-0.3, -0.25) is 0 Å². The molecule has 2 aromatic carbocycles. The summed E-state index contributed by atoms with van der Waals surface area (Å²) in [6.07, 6.45) is 0. The van der Waals surface area contributed by atoms with Gasteiger partial charge >= 0.3 is 0 Å². The van der Waals surface area contributed by atoms with E-state index in [1.807, 2.05) is 24.3 Å². The van der Waals surface area contributed by atoms with Gasteiger partial charge in [-0.15, -0.1) is 0 Å². The Balaban J connectivity index is 2.09. The Labute approximate surface area is 110 Å². The van der Waals surface area contributed by atoms with E-state index in [1.165, 1.54) is 0 Å². The van der Waals surface area contributed by atoms with E-state index in [0.717, 1.165) is 16.9 Å². The molecule has 2 aromatic rings. The average Bonchev–Trinajstić information content (AvgIpc) is 2.30. The van der Waals surface area contributed by atoms with Crippen molar-refractivity contribution >= 4 is 34.6 Å². The fourth-order valence-corrected chi connectivity index (χ4v) is 1.89. The molecule has 0 aliphatic carbocycles. The van der Waals surface area contributed by atoms with Crippen molar-refractivity contribution in [1.82, 2.24) is 0 Å². The molecule has 0 heterocycles. The Bertz CT molecular complexity index is 527. The standard InChI is InChI=1S/C13H12Cl2N2/c14-10-4-5-12(15)13(7-10)17-8-9-2-1-3-11(16)6-9/h1-7,17H,8,16H2. The molecule has 0 radical (unpaired) electrons. The van der Waals surface area contributed by atoms with Crippen LogP contribution < -0.4 is 11.1 Å². The summed E-state index contributed by atoms with van der Waals surface area (Å²) in [5.41, 5.74) is 8.38. The summed E-state index contributed by atoms with van der Waals surface area (Å²) in [5.74, 6) is 0. The third-order valence-corrected chi connectivity index (χ3v) is 2.93. The van der Waals surface area contributed by atoms with Crippen LogP contribution in [-0.4, -0.2) is 0 Å². The van der Waals surface area contributed by atoms with E-state index < -0.39 is 0 Å². The van der Waals surface area contributed by atoms with Crippen molar-refractivity contribution in [3.8, 4) is 0 Å². The number of hydrogen-bond donors (Lipinski definition) is 2. The zero-order valence-electron chi connectivity index (χ0n) is 9.08. The predicted octanol–water partition coefficient (Wildman–Crippen LogP) is 4.19. The van der Waals surface area contributed by atoms with Crippen LogP contribution in [0.5, 0.6) is 0 Å². The second kappa shape index (κ2) is 5.30. The second-order valence-corrected chi connectivity index (χ2v) is 4.57. The number of nitrogens with one attached hydrogen (secondary N) is 1. The van der Waals surface area contributed by atoms with E-state index in [0.29, 0.717) is 16.6 Å². The van der Waals surface area contributed by atoms with Crippen molar-refractivity contribution in [2.24, 2.45) is 0 Å². The molecule has 0 bridgehead atoms. The maximum atomic E-state index is 6.05. The topological polar surface area (TPSA) is 38.0 Å². The van der Waals surface area contributed by atoms with Gasteiger partial charge in [-0.05, 0) is 35.9 Å². The Morgan fingerprint density at radius 3 is 2.65 bits per heavy atom. The van der Waals surface area contributed by atoms with Crippen LogP contribution in [0.15, 0.2) is 42.5 Å². The summed E-state index contributed by atoms with van der Waals surface area (Å²) in [6.45, 7) is 0.658. The summed E-state index contributed by atoms with van der Waals surface area (Å²) < 4.78 is 0. The molecule has 0 fully saturated rings. The van der Waals surface area contributed by atoms with Crippen LogP contribution in [0.25, 0.3) is 0 Å². The van der Waals surface area contributed by atoms with E-state index in [1.54, 1.807) is 18.2 Å². The van der Waals surface area contributed by atoms with Crippen LogP contribution in [-0.2, 0) is 6.54 Å². The largest absolute Gasteiger partial charge is 0.399 e. The third-order valence-electron chi connectivity index (χ3n) is 2.36. The number of nitrogens with two attached hydrogens (primary N) is 1. The monoisotopic (exact) mass is 266 g/mol. The van der Waals surface area contributed by atoms with E-state index >= 15 is 0 Å². The van der Waals surface area contributed by atoms with Gasteiger partial charge in [0.25, 0.3) is 0 Å². The zero-order chi connectivity index (χ0) is 12.3. The normalized spacial score (nSPS) is 10.2. The Kier molecular flexibility index (Phi) is 3.77. The maximum absolute atomic E-state index is 6.05. The van der Waals surface area contributed by atoms with Crippen LogP contribution >= 0.6 is 23.2 Å². The molecule has 2 rings (SSSR count). The van der Waals surface area contributed by atoms with Gasteiger partial charge in [0.1, 0.15) is 0 Å². The maximum Gasteiger partial charge on any atom is 0.0638 e. The molecule has 0 atom stereocenters. The van der Waals surface area contributed by atoms with Gasteiger partial charge in [-0.25, -0.2) is 0 Å². The lowest BCUT2D eigenvalue weighted by Gasteiger charge is -2.09. The van der Waals surface area contributed by atoms with E-state index in [4.69, 9.17) is 28.9 Å². The molecule has 2 nitrogen and oxygen atoms in total. The SMILES string of the molecule is Nc1cccc(CNc2cc(Cl)ccc2Cl)c1. The number of benzene rings is 2. The highest BCUT2D eigenvalue weighted by Gasteiger charge is 2.01. The fraction of sp³-hybridized carbons (Fsp3) is 0.0769. The van der Waals surface area contributed by atoms with Crippen molar-refractivity contribution in [2.45, 2.75) is 6.54 Å². The summed E-state index contributed by atoms with van der Waals surface area (Å²) in [6, 6.07) is 13.0. The van der Waals surface area contributed by atoms with Gasteiger partial charge in [0.2, 0.25) is 0 Å². The van der Waals surface area contributed by atoms with Crippen molar-refractivity contribution in [3.63, 3.8) is 0 Å². The predicted molar refractivity (Wildman–Crippen MR) is 74.6 cm³/mol. The van der Waals surface area contributed by atoms with E-state index in [2.05, 4.69) is 5.32 Å². The van der Waals surface area contributed by atoms with Crippen molar-refractivity contribution in [2.75, 3.05) is 11.1 Å². The molecular formula is C13H12Cl2N2. The van der Waals surface area contributed by atoms with Crippen LogP contribution in [0.2, 0.25) is 10.0 Å². The van der Waals surface area contributed by atoms with Crippen molar-refractivity contribution in [1.29, 1.82) is 0 Å². The van der Waals surface area contributed by atoms with Gasteiger partial charge in [0, 0.05) is 17.3 Å². The summed E-state index contributed by atoms with van der Waals surface area (Å²) in [4.78, 5) is 0. The molecule has 3 N–H and O–H groups in total. The lowest BCUT2D eigenvalue weighted by Crippen LogP contribution is -2.00. The lowest BCUT2D eigenvalue weighted by molar-refractivity contribution is 1.15. The number of rotatable bonds is 3. The van der Waals surface area contributed by atoms with Crippen LogP contribution in [0.3, 0.4) is 0 Å². The minimum absolute atomic E-state index is 0.651. The minimum atomic E-state index is 0.651. The lowest BCUT2D eigenvalue weighted by atomic mass is 10.2. The summed E-state index contributed by atoms with van der Waals surface area (Å²) >= 11 is 12.0. The number of anilines is 2. The van der Waals surface area contributed by atoms with E-state index in [-0.39, 0.29) is 0 Å². The fourth-order valence-electron chi connectivity index (χ4n) is 1.53. The summed E-state index contributed by atoms with van der Waals surface area (Å²) in [5, 5.41) is 4.53. The van der Waals surface area contributed by atoms with Crippen molar-refractivity contribution in [3.05, 3.63) is 58.1 Å². The molecule has 0 aromatic heterocycles. The first-order chi connectivity index (χ1) is 8.15. The quantitative estimate of drug-likeness (QED) is 0.818. The molecule has 17 heavy (non-hydrogen) atoms. The number of nitrogen functional groups attached to an aromatic ring is 1. The second-order valence-electron chi connectivity index (χ2n) is 3.72. The van der Waals surface area contributed by atoms with Gasteiger partial charge in [-0.1, -0.05) is 35.3 Å². The highest BCUT2D eigenvalue weighted by atomic mass is 35.5. The molecule has 0 amide bonds. The van der Waals surface area contributed by atoms with Gasteiger partial charge in [0.15, 0.2) is 0 Å². The first kappa shape index (κ1) is 12.1. The molecule has 88 valence electrons. The first-order valence-corrected chi connectivity index (χ1v) is 5.94. The molecule has 0 saturated carbocycles. The number of hydrogen-bond acceptors (Lipinski definition) is 2. The molecule has 0 saturated heterocycles. The highest BCUT2D eigenvalue weighted by Crippen LogP contribution is 2.25. The third kappa shape index (κ3) is 3.29. The molecule has 0 spiro atoms. The number of halogens is 2. The van der Waals surface area contributed by atoms with Crippen LogP contribution in [0, 0.1) is 0 Å². The first-order valence-electron chi connectivity index (χ1n) is 5.18. The van der Waals surface area contributed by atoms with Gasteiger partial charge in [0.05, 0.1) is 10.7 Å². The molecular weight excluding hydrogens is 255 g/mol. The zero-order valence-corrected chi connectivity index (χ0v) is 10.6. The van der Waals surface area contributed by atoms with Crippen LogP contribution in [0.4, 0.5) is 11.4 Å². The molecule has 0 unspecified atom stereocenters. The Morgan fingerprint density at radius 2 is 1.88 bits per heavy atom. The Morgan fingerprint density at radius 1 is 1.06 bits per heavy atom. The summed E-state index contributed by atoms with van der Waals surface area (Å²) in [7, 11) is 0. The molecule has 0 aliphatic heterocycles. The van der Waals surface area contributed by atoms with Gasteiger partial charge < -0.3 is 11.1 Å². The smallest absolute Gasteiger partial charge is 0.0638 e. The highest BCUT2D eigenvalue weighted by molar-refractivity contribution is 6.35. The minimum Gasteiger partial charge on any atom is -0.399 e. The van der Waals surface area contributed by atoms with Crippen molar-refractivity contribution < 1.29 is 0 Å². The average molecular weight is 267 g/mol. The van der Waals surface area contributed by atoms with Gasteiger partial charge in [-0.2, -0.15) is 0 Å². The van der Waals surface area contributed by atoms with Crippen LogP contribution in [0.1, 0.15) is 5.56 Å². The Hall–Kier alpha value is -1.38. The molecule has 4 heteroatoms.